The monoisotopic (exact) mass is 536 g/mol. The molecule has 0 amide bonds. The van der Waals surface area contributed by atoms with Gasteiger partial charge in [-0.3, -0.25) is 8.63 Å². The number of rotatable bonds is 3. The molecule has 0 bridgehead atoms. The molecule has 0 saturated heterocycles. The fraction of sp³-hybridized carbons (Fsp3) is 0.457. The van der Waals surface area contributed by atoms with Crippen LogP contribution in [0, 0.1) is 34.5 Å². The molecular weight excluding hydrogens is 497 g/mol. The van der Waals surface area contributed by atoms with E-state index in [1.807, 2.05) is 51.1 Å². The Balaban J connectivity index is 1.88. The lowest BCUT2D eigenvalue weighted by Gasteiger charge is -2.20. The Kier molecular flexibility index (Phi) is 7.72. The highest BCUT2D eigenvalue weighted by Gasteiger charge is 2.36. The smallest absolute Gasteiger partial charge is 0.318 e. The third-order valence-corrected chi connectivity index (χ3v) is 7.63. The normalized spacial score (nSPS) is 18.1. The number of aromatic nitrogens is 1. The second kappa shape index (κ2) is 10.9. The highest BCUT2D eigenvalue weighted by molar-refractivity contribution is 6.42. The number of fused-ring (bicyclic) bond motifs is 1. The SMILES string of the molecule is CC(C)(C)C#CC1=N/C(=C(/c2ccccc2)c2c3c(c(C#CC(C)(C)C)n2B(F)F)CCCC3)C2=C1CCCC2. The molecule has 206 valence electrons. The Bertz CT molecular complexity index is 1530. The van der Waals surface area contributed by atoms with Gasteiger partial charge >= 0.3 is 7.40 Å². The molecule has 0 N–H and O–H groups in total. The summed E-state index contributed by atoms with van der Waals surface area (Å²) in [4.78, 5) is 5.19. The van der Waals surface area contributed by atoms with E-state index in [1.54, 1.807) is 0 Å². The van der Waals surface area contributed by atoms with E-state index >= 15 is 8.63 Å². The van der Waals surface area contributed by atoms with Gasteiger partial charge in [0.1, 0.15) is 5.71 Å². The Labute approximate surface area is 239 Å². The van der Waals surface area contributed by atoms with Gasteiger partial charge in [0.05, 0.1) is 11.4 Å². The third kappa shape index (κ3) is 5.76. The van der Waals surface area contributed by atoms with Crippen LogP contribution in [-0.4, -0.2) is 17.6 Å². The minimum atomic E-state index is -2.71. The second-order valence-electron chi connectivity index (χ2n) is 13.2. The van der Waals surface area contributed by atoms with E-state index in [1.165, 1.54) is 15.6 Å². The van der Waals surface area contributed by atoms with Gasteiger partial charge in [-0.15, -0.1) is 0 Å². The predicted octanol–water partition coefficient (Wildman–Crippen LogP) is 8.67. The van der Waals surface area contributed by atoms with Crippen molar-refractivity contribution in [3.05, 3.63) is 75.3 Å². The molecule has 2 heterocycles. The maximum atomic E-state index is 15.2. The van der Waals surface area contributed by atoms with Crippen LogP contribution in [0.3, 0.4) is 0 Å². The first kappa shape index (κ1) is 28.2. The van der Waals surface area contributed by atoms with Crippen molar-refractivity contribution in [2.45, 2.75) is 92.9 Å². The molecule has 2 nitrogen and oxygen atoms in total. The molecule has 2 aliphatic carbocycles. The van der Waals surface area contributed by atoms with E-state index < -0.39 is 7.40 Å². The summed E-state index contributed by atoms with van der Waals surface area (Å²) in [6.07, 6.45) is 7.48. The molecule has 1 aliphatic heterocycles. The van der Waals surface area contributed by atoms with E-state index in [0.717, 1.165) is 85.0 Å². The molecule has 5 rings (SSSR count). The van der Waals surface area contributed by atoms with E-state index in [9.17, 15) is 0 Å². The molecule has 0 radical (unpaired) electrons. The fourth-order valence-corrected chi connectivity index (χ4v) is 5.90. The Morgan fingerprint density at radius 3 is 1.98 bits per heavy atom. The molecule has 0 saturated carbocycles. The first-order valence-electron chi connectivity index (χ1n) is 14.7. The quantitative estimate of drug-likeness (QED) is 0.276. The molecule has 2 aromatic rings. The van der Waals surface area contributed by atoms with Crippen LogP contribution in [0.1, 0.15) is 108 Å². The summed E-state index contributed by atoms with van der Waals surface area (Å²) in [5, 5.41) is 0. The standard InChI is InChI=1S/C35H39BF2N2/c1-34(2,3)22-20-29-25-16-10-12-18-27(25)32(39-29)31(24-14-8-7-9-15-24)33-28-19-13-11-17-26(28)30(40(33)36(37)38)21-23-35(4,5)6/h7-9,14-15H,10-13,16-19H2,1-6H3/b32-31-. The van der Waals surface area contributed by atoms with Crippen LogP contribution in [0.15, 0.2) is 52.2 Å². The van der Waals surface area contributed by atoms with Crippen molar-refractivity contribution in [2.75, 3.05) is 0 Å². The number of benzene rings is 1. The van der Waals surface area contributed by atoms with Crippen LogP contribution >= 0.6 is 0 Å². The largest absolute Gasteiger partial charge is 0.678 e. The Morgan fingerprint density at radius 2 is 1.35 bits per heavy atom. The van der Waals surface area contributed by atoms with Gasteiger partial charge < -0.3 is 4.48 Å². The molecule has 5 heteroatoms. The highest BCUT2D eigenvalue weighted by atomic mass is 19.2. The molecule has 0 fully saturated rings. The van der Waals surface area contributed by atoms with Crippen LogP contribution in [0.4, 0.5) is 8.63 Å². The van der Waals surface area contributed by atoms with Crippen LogP contribution < -0.4 is 0 Å². The zero-order chi connectivity index (χ0) is 28.7. The fourth-order valence-electron chi connectivity index (χ4n) is 5.90. The number of hydrogen-bond donors (Lipinski definition) is 0. The molecule has 0 spiro atoms. The molecule has 0 atom stereocenters. The van der Waals surface area contributed by atoms with Crippen molar-refractivity contribution in [3.63, 3.8) is 0 Å². The molecular formula is C35H39BF2N2. The van der Waals surface area contributed by atoms with Gasteiger partial charge in [-0.25, -0.2) is 4.99 Å². The van der Waals surface area contributed by atoms with Crippen molar-refractivity contribution >= 4 is 18.7 Å². The molecule has 40 heavy (non-hydrogen) atoms. The Hall–Kier alpha value is -3.31. The van der Waals surface area contributed by atoms with Crippen molar-refractivity contribution in [1.82, 2.24) is 4.48 Å². The second-order valence-corrected chi connectivity index (χ2v) is 13.2. The number of halogens is 2. The van der Waals surface area contributed by atoms with Crippen molar-refractivity contribution in [3.8, 4) is 23.7 Å². The van der Waals surface area contributed by atoms with Crippen molar-refractivity contribution in [1.29, 1.82) is 0 Å². The van der Waals surface area contributed by atoms with E-state index in [4.69, 9.17) is 4.99 Å². The maximum Gasteiger partial charge on any atom is 0.678 e. The summed E-state index contributed by atoms with van der Waals surface area (Å²) in [6.45, 7) is 12.3. The van der Waals surface area contributed by atoms with Gasteiger partial charge in [0.2, 0.25) is 0 Å². The van der Waals surface area contributed by atoms with Crippen LogP contribution in [0.25, 0.3) is 5.57 Å². The average molecular weight is 537 g/mol. The molecule has 0 unspecified atom stereocenters. The van der Waals surface area contributed by atoms with Gasteiger partial charge in [-0.05, 0) is 133 Å². The van der Waals surface area contributed by atoms with Gasteiger partial charge in [0, 0.05) is 22.1 Å². The third-order valence-electron chi connectivity index (χ3n) is 7.63. The van der Waals surface area contributed by atoms with Gasteiger partial charge in [0.15, 0.2) is 0 Å². The predicted molar refractivity (Wildman–Crippen MR) is 163 cm³/mol. The summed E-state index contributed by atoms with van der Waals surface area (Å²) in [5.41, 5.74) is 8.32. The highest BCUT2D eigenvalue weighted by Crippen LogP contribution is 2.45. The van der Waals surface area contributed by atoms with Crippen molar-refractivity contribution in [2.24, 2.45) is 15.8 Å². The lowest BCUT2D eigenvalue weighted by molar-refractivity contribution is 0.570. The summed E-state index contributed by atoms with van der Waals surface area (Å²) < 4.78 is 31.7. The lowest BCUT2D eigenvalue weighted by Crippen LogP contribution is -2.19. The zero-order valence-electron chi connectivity index (χ0n) is 24.8. The van der Waals surface area contributed by atoms with Gasteiger partial charge in [0.25, 0.3) is 0 Å². The summed E-state index contributed by atoms with van der Waals surface area (Å²) in [6, 6.07) is 9.98. The van der Waals surface area contributed by atoms with Crippen LogP contribution in [-0.2, 0) is 12.8 Å². The van der Waals surface area contributed by atoms with E-state index in [-0.39, 0.29) is 10.8 Å². The molecule has 3 aliphatic rings. The van der Waals surface area contributed by atoms with Crippen LogP contribution in [0.2, 0.25) is 0 Å². The minimum absolute atomic E-state index is 0.156. The topological polar surface area (TPSA) is 17.3 Å². The van der Waals surface area contributed by atoms with E-state index in [0.29, 0.717) is 11.4 Å². The summed E-state index contributed by atoms with van der Waals surface area (Å²) in [5.74, 6) is 13.2. The average Bonchev–Trinajstić information content (AvgIpc) is 3.43. The first-order valence-corrected chi connectivity index (χ1v) is 14.7. The number of allylic oxidation sites excluding steroid dienone is 2. The Morgan fingerprint density at radius 1 is 0.775 bits per heavy atom. The van der Waals surface area contributed by atoms with E-state index in [2.05, 4.69) is 44.5 Å². The minimum Gasteiger partial charge on any atom is -0.318 e. The summed E-state index contributed by atoms with van der Waals surface area (Å²) in [7, 11) is -2.71. The van der Waals surface area contributed by atoms with Crippen LogP contribution in [0.5, 0.6) is 0 Å². The number of aliphatic imine (C=N–C) groups is 1. The van der Waals surface area contributed by atoms with Gasteiger partial charge in [-0.1, -0.05) is 42.2 Å². The lowest BCUT2D eigenvalue weighted by atomic mass is 9.84. The van der Waals surface area contributed by atoms with Gasteiger partial charge in [-0.2, -0.15) is 0 Å². The summed E-state index contributed by atoms with van der Waals surface area (Å²) >= 11 is 0. The zero-order valence-corrected chi connectivity index (χ0v) is 24.8. The van der Waals surface area contributed by atoms with Crippen molar-refractivity contribution < 1.29 is 8.63 Å². The molecule has 1 aromatic heterocycles. The number of nitrogens with zero attached hydrogens (tertiary/aromatic N) is 2. The number of hydrogen-bond acceptors (Lipinski definition) is 1. The molecule has 1 aromatic carbocycles. The maximum absolute atomic E-state index is 15.2. The first-order chi connectivity index (χ1) is 18.9.